The van der Waals surface area contributed by atoms with Gasteiger partial charge in [-0.2, -0.15) is 0 Å². The van der Waals surface area contributed by atoms with Crippen LogP contribution in [0.3, 0.4) is 0 Å². The predicted octanol–water partition coefficient (Wildman–Crippen LogP) is 20.5. The molecular weight excluding hydrogens is 877 g/mol. The molecule has 71 heavy (non-hydrogen) atoms. The van der Waals surface area contributed by atoms with E-state index in [1.54, 1.807) is 0 Å². The van der Waals surface area contributed by atoms with Gasteiger partial charge >= 0.3 is 17.9 Å². The molecule has 0 N–H and O–H groups in total. The van der Waals surface area contributed by atoms with E-state index in [0.29, 0.717) is 19.3 Å². The van der Waals surface area contributed by atoms with Gasteiger partial charge in [0.2, 0.25) is 0 Å². The maximum Gasteiger partial charge on any atom is 0.306 e. The zero-order chi connectivity index (χ0) is 51.4. The topological polar surface area (TPSA) is 78.9 Å². The second-order valence-electron chi connectivity index (χ2n) is 20.3. The first-order valence-corrected chi connectivity index (χ1v) is 30.4. The van der Waals surface area contributed by atoms with Crippen molar-refractivity contribution in [3.05, 3.63) is 72.9 Å². The van der Waals surface area contributed by atoms with Gasteiger partial charge in [0.1, 0.15) is 13.2 Å². The lowest BCUT2D eigenvalue weighted by Gasteiger charge is -2.18. The molecule has 0 amide bonds. The second kappa shape index (κ2) is 59.4. The molecule has 1 atom stereocenters. The number of unbranched alkanes of at least 4 members (excludes halogenated alkanes) is 32. The Labute approximate surface area is 440 Å². The zero-order valence-corrected chi connectivity index (χ0v) is 47.0. The molecule has 410 valence electrons. The fourth-order valence-corrected chi connectivity index (χ4v) is 8.60. The molecule has 0 heterocycles. The highest BCUT2D eigenvalue weighted by atomic mass is 16.6. The van der Waals surface area contributed by atoms with Crippen molar-refractivity contribution >= 4 is 17.9 Å². The van der Waals surface area contributed by atoms with Gasteiger partial charge in [0.15, 0.2) is 6.10 Å². The molecule has 6 heteroatoms. The number of carbonyl (C=O) groups is 3. The van der Waals surface area contributed by atoms with Crippen molar-refractivity contribution in [1.29, 1.82) is 0 Å². The van der Waals surface area contributed by atoms with E-state index in [4.69, 9.17) is 14.2 Å². The SMILES string of the molecule is CCCCC/C=C\C/C=C\C/C=C\C/C=C\C/C=C\CCC(=O)OC[C@H](COC(=O)CCCCCCCCCCCCCCCCCCCCC)OC(=O)CCCCCCCCC/C=C\CCCCCC. The summed E-state index contributed by atoms with van der Waals surface area (Å²) in [5, 5.41) is 0. The lowest BCUT2D eigenvalue weighted by molar-refractivity contribution is -0.166. The summed E-state index contributed by atoms with van der Waals surface area (Å²) < 4.78 is 16.8. The van der Waals surface area contributed by atoms with Gasteiger partial charge in [-0.05, 0) is 83.5 Å². The van der Waals surface area contributed by atoms with Crippen molar-refractivity contribution in [2.45, 2.75) is 309 Å². The second-order valence-corrected chi connectivity index (χ2v) is 20.3. The fourth-order valence-electron chi connectivity index (χ4n) is 8.60. The van der Waals surface area contributed by atoms with Crippen LogP contribution in [0, 0.1) is 0 Å². The molecule has 0 aromatic heterocycles. The van der Waals surface area contributed by atoms with Gasteiger partial charge in [-0.15, -0.1) is 0 Å². The number of ether oxygens (including phenoxy) is 3. The molecule has 0 aliphatic carbocycles. The predicted molar refractivity (Wildman–Crippen MR) is 307 cm³/mol. The van der Waals surface area contributed by atoms with Crippen LogP contribution in [0.25, 0.3) is 0 Å². The third-order valence-corrected chi connectivity index (χ3v) is 13.2. The molecule has 0 saturated carbocycles. The first kappa shape index (κ1) is 67.8. The highest BCUT2D eigenvalue weighted by Gasteiger charge is 2.19. The van der Waals surface area contributed by atoms with E-state index in [9.17, 15) is 14.4 Å². The highest BCUT2D eigenvalue weighted by Crippen LogP contribution is 2.16. The van der Waals surface area contributed by atoms with Crippen LogP contribution in [-0.4, -0.2) is 37.2 Å². The summed E-state index contributed by atoms with van der Waals surface area (Å²) in [5.41, 5.74) is 0. The monoisotopic (exact) mass is 991 g/mol. The third-order valence-electron chi connectivity index (χ3n) is 13.2. The lowest BCUT2D eigenvalue weighted by atomic mass is 10.0. The van der Waals surface area contributed by atoms with Gasteiger partial charge in [0.25, 0.3) is 0 Å². The Morgan fingerprint density at radius 2 is 0.535 bits per heavy atom. The maximum absolute atomic E-state index is 12.9. The van der Waals surface area contributed by atoms with E-state index in [2.05, 4.69) is 87.6 Å². The Bertz CT molecular complexity index is 1320. The summed E-state index contributed by atoms with van der Waals surface area (Å²) in [6, 6.07) is 0. The largest absolute Gasteiger partial charge is 0.462 e. The van der Waals surface area contributed by atoms with Gasteiger partial charge < -0.3 is 14.2 Å². The van der Waals surface area contributed by atoms with Crippen LogP contribution >= 0.6 is 0 Å². The van der Waals surface area contributed by atoms with Crippen LogP contribution in [0.5, 0.6) is 0 Å². The van der Waals surface area contributed by atoms with Crippen LogP contribution in [-0.2, 0) is 28.6 Å². The zero-order valence-electron chi connectivity index (χ0n) is 47.0. The minimum absolute atomic E-state index is 0.0972. The molecule has 0 spiro atoms. The first-order chi connectivity index (χ1) is 35.0. The van der Waals surface area contributed by atoms with Gasteiger partial charge in [-0.3, -0.25) is 14.4 Å². The molecule has 0 bridgehead atoms. The van der Waals surface area contributed by atoms with Crippen molar-refractivity contribution in [3.8, 4) is 0 Å². The summed E-state index contributed by atoms with van der Waals surface area (Å²) in [6.07, 6.45) is 76.2. The average Bonchev–Trinajstić information content (AvgIpc) is 3.37. The maximum atomic E-state index is 12.9. The molecule has 0 fully saturated rings. The standard InChI is InChI=1S/C65H114O6/c1-4-7-10-13-16-19-22-25-28-30-32-34-37-39-42-45-48-51-54-57-63(66)69-60-62(71-65(68)59-56-53-50-47-44-41-36-27-24-21-18-15-12-9-6-3)61-70-64(67)58-55-52-49-46-43-40-38-35-33-31-29-26-23-20-17-14-11-8-5-2/h16,19,21,24-25,28,32,34,39,42,48,51,62H,4-15,17-18,20,22-23,26-27,29-31,33,35-38,40-41,43-47,49-50,52-61H2,1-3H3/b19-16-,24-21-,28-25-,34-32-,42-39-,51-48-/t62-/m1/s1. The Morgan fingerprint density at radius 3 is 0.930 bits per heavy atom. The van der Waals surface area contributed by atoms with Crippen molar-refractivity contribution < 1.29 is 28.6 Å². The Hall–Kier alpha value is -3.15. The summed E-state index contributed by atoms with van der Waals surface area (Å²) >= 11 is 0. The van der Waals surface area contributed by atoms with Crippen LogP contribution in [0.2, 0.25) is 0 Å². The summed E-state index contributed by atoms with van der Waals surface area (Å²) in [7, 11) is 0. The molecule has 0 rings (SSSR count). The molecule has 0 aromatic carbocycles. The van der Waals surface area contributed by atoms with Crippen LogP contribution < -0.4 is 0 Å². The minimum Gasteiger partial charge on any atom is -0.462 e. The molecular formula is C65H114O6. The van der Waals surface area contributed by atoms with Crippen molar-refractivity contribution in [3.63, 3.8) is 0 Å². The molecule has 0 aliphatic heterocycles. The molecule has 0 radical (unpaired) electrons. The number of allylic oxidation sites excluding steroid dienone is 12. The van der Waals surface area contributed by atoms with Gasteiger partial charge in [0, 0.05) is 19.3 Å². The van der Waals surface area contributed by atoms with Crippen LogP contribution in [0.15, 0.2) is 72.9 Å². The molecule has 0 aliphatic rings. The summed E-state index contributed by atoms with van der Waals surface area (Å²) in [5.74, 6) is -0.975. The van der Waals surface area contributed by atoms with Gasteiger partial charge in [-0.1, -0.05) is 273 Å². The molecule has 0 saturated heterocycles. The Balaban J connectivity index is 4.44. The fraction of sp³-hybridized carbons (Fsp3) is 0.769. The van der Waals surface area contributed by atoms with Crippen molar-refractivity contribution in [1.82, 2.24) is 0 Å². The summed E-state index contributed by atoms with van der Waals surface area (Å²) in [6.45, 7) is 6.57. The summed E-state index contributed by atoms with van der Waals surface area (Å²) in [4.78, 5) is 38.2. The number of rotatable bonds is 55. The van der Waals surface area contributed by atoms with E-state index >= 15 is 0 Å². The van der Waals surface area contributed by atoms with E-state index in [1.165, 1.54) is 193 Å². The smallest absolute Gasteiger partial charge is 0.306 e. The lowest BCUT2D eigenvalue weighted by Crippen LogP contribution is -2.30. The number of hydrogen-bond acceptors (Lipinski definition) is 6. The van der Waals surface area contributed by atoms with Gasteiger partial charge in [-0.25, -0.2) is 0 Å². The first-order valence-electron chi connectivity index (χ1n) is 30.4. The third kappa shape index (κ3) is 57.6. The Kier molecular flexibility index (Phi) is 56.8. The van der Waals surface area contributed by atoms with E-state index in [-0.39, 0.29) is 37.5 Å². The quantitative estimate of drug-likeness (QED) is 0.0261. The van der Waals surface area contributed by atoms with Crippen molar-refractivity contribution in [2.75, 3.05) is 13.2 Å². The number of hydrogen-bond donors (Lipinski definition) is 0. The normalized spacial score (nSPS) is 12.5. The van der Waals surface area contributed by atoms with Crippen LogP contribution in [0.4, 0.5) is 0 Å². The van der Waals surface area contributed by atoms with Gasteiger partial charge in [0.05, 0.1) is 0 Å². The van der Waals surface area contributed by atoms with E-state index in [1.807, 2.05) is 6.08 Å². The van der Waals surface area contributed by atoms with Crippen LogP contribution in [0.1, 0.15) is 303 Å². The highest BCUT2D eigenvalue weighted by molar-refractivity contribution is 5.71. The van der Waals surface area contributed by atoms with E-state index in [0.717, 1.165) is 64.2 Å². The molecule has 6 nitrogen and oxygen atoms in total. The number of carbonyl (C=O) groups excluding carboxylic acids is 3. The molecule has 0 unspecified atom stereocenters. The minimum atomic E-state index is -0.807. The van der Waals surface area contributed by atoms with Crippen molar-refractivity contribution in [2.24, 2.45) is 0 Å². The number of esters is 3. The molecule has 0 aromatic rings. The Morgan fingerprint density at radius 1 is 0.282 bits per heavy atom. The average molecular weight is 992 g/mol. The van der Waals surface area contributed by atoms with E-state index < -0.39 is 6.10 Å².